The molecule has 0 bridgehead atoms. The molecule has 0 radical (unpaired) electrons. The van der Waals surface area contributed by atoms with Crippen molar-refractivity contribution in [1.29, 1.82) is 0 Å². The van der Waals surface area contributed by atoms with Crippen LogP contribution in [0, 0.1) is 0 Å². The van der Waals surface area contributed by atoms with Crippen LogP contribution in [-0.4, -0.2) is 29.5 Å². The quantitative estimate of drug-likeness (QED) is 0.816. The van der Waals surface area contributed by atoms with Gasteiger partial charge in [-0.25, -0.2) is 0 Å². The van der Waals surface area contributed by atoms with Crippen molar-refractivity contribution in [3.05, 3.63) is 23.8 Å². The number of methoxy groups -OCH3 is 1. The maximum absolute atomic E-state index is 11.3. The minimum atomic E-state index is -0.188. The van der Waals surface area contributed by atoms with Crippen LogP contribution in [-0.2, 0) is 11.2 Å². The molecule has 1 rings (SSSR count). The molecule has 0 spiro atoms. The second-order valence-electron chi connectivity index (χ2n) is 3.66. The fourth-order valence-electron chi connectivity index (χ4n) is 1.36. The Balaban J connectivity index is 2.47. The number of benzene rings is 1. The molecular weight excluding hydrogens is 286 g/mol. The summed E-state index contributed by atoms with van der Waals surface area (Å²) < 4.78 is 4.95. The maximum Gasteiger partial charge on any atom is 0.233 e. The highest BCUT2D eigenvalue weighted by molar-refractivity contribution is 9.10. The summed E-state index contributed by atoms with van der Waals surface area (Å²) in [5.74, 6) is 0.528. The Labute approximate surface area is 109 Å². The van der Waals surface area contributed by atoms with Crippen molar-refractivity contribution >= 4 is 21.8 Å². The van der Waals surface area contributed by atoms with Crippen molar-refractivity contribution in [3.63, 3.8) is 0 Å². The van der Waals surface area contributed by atoms with E-state index in [1.54, 1.807) is 19.1 Å². The number of rotatable bonds is 5. The van der Waals surface area contributed by atoms with Crippen molar-refractivity contribution in [1.82, 2.24) is 5.32 Å². The van der Waals surface area contributed by atoms with Crippen molar-refractivity contribution in [2.24, 2.45) is 0 Å². The third-order valence-corrected chi connectivity index (χ3v) is 2.73. The molecule has 1 aromatic rings. The van der Waals surface area contributed by atoms with Gasteiger partial charge < -0.3 is 15.2 Å². The summed E-state index contributed by atoms with van der Waals surface area (Å²) in [4.78, 5) is 11.1. The largest absolute Gasteiger partial charge is 0.504 e. The molecule has 4 nitrogen and oxygen atoms in total. The first-order valence-electron chi connectivity index (χ1n) is 5.32. The lowest BCUT2D eigenvalue weighted by Gasteiger charge is -2.08. The van der Waals surface area contributed by atoms with Gasteiger partial charge in [-0.15, -0.1) is 0 Å². The monoisotopic (exact) mass is 301 g/mol. The van der Waals surface area contributed by atoms with E-state index >= 15 is 0 Å². The number of ether oxygens (including phenoxy) is 1. The number of hydrogen-bond donors (Lipinski definition) is 2. The molecule has 1 aromatic carbocycles. The number of hydrogen-bond acceptors (Lipinski definition) is 3. The van der Waals surface area contributed by atoms with Crippen molar-refractivity contribution in [2.45, 2.75) is 18.2 Å². The summed E-state index contributed by atoms with van der Waals surface area (Å²) in [7, 11) is 1.51. The van der Waals surface area contributed by atoms with Gasteiger partial charge in [-0.05, 0) is 31.0 Å². The Bertz CT molecular complexity index is 393. The Morgan fingerprint density at radius 2 is 2.29 bits per heavy atom. The molecule has 1 unspecified atom stereocenters. The molecule has 0 aliphatic heterocycles. The van der Waals surface area contributed by atoms with E-state index in [9.17, 15) is 9.90 Å². The molecule has 0 saturated carbocycles. The summed E-state index contributed by atoms with van der Waals surface area (Å²) in [6.45, 7) is 2.31. The summed E-state index contributed by atoms with van der Waals surface area (Å²) in [6.07, 6.45) is 0.670. The Morgan fingerprint density at radius 3 is 2.82 bits per heavy atom. The molecule has 0 aromatic heterocycles. The van der Waals surface area contributed by atoms with E-state index in [-0.39, 0.29) is 16.5 Å². The fourth-order valence-corrected chi connectivity index (χ4v) is 1.52. The molecular formula is C12H16BrNO3. The molecule has 17 heavy (non-hydrogen) atoms. The van der Waals surface area contributed by atoms with E-state index in [4.69, 9.17) is 4.74 Å². The summed E-state index contributed by atoms with van der Waals surface area (Å²) in [5.41, 5.74) is 0.950. The first-order chi connectivity index (χ1) is 8.04. The molecule has 0 saturated heterocycles. The van der Waals surface area contributed by atoms with E-state index in [2.05, 4.69) is 21.2 Å². The number of nitrogens with one attached hydrogen (secondary N) is 1. The predicted octanol–water partition coefficient (Wildman–Crippen LogP) is 1.84. The maximum atomic E-state index is 11.3. The number of phenols is 1. The standard InChI is InChI=1S/C12H16BrNO3/c1-8(13)12(16)14-6-5-9-3-4-11(17-2)10(15)7-9/h3-4,7-8,15H,5-6H2,1-2H3,(H,14,16). The normalized spacial score (nSPS) is 11.9. The summed E-state index contributed by atoms with van der Waals surface area (Å²) in [5, 5.41) is 12.3. The highest BCUT2D eigenvalue weighted by Crippen LogP contribution is 2.26. The van der Waals surface area contributed by atoms with E-state index in [1.807, 2.05) is 6.07 Å². The molecule has 0 fully saturated rings. The SMILES string of the molecule is COc1ccc(CCNC(=O)C(C)Br)cc1O. The van der Waals surface area contributed by atoms with Crippen molar-refractivity contribution in [3.8, 4) is 11.5 Å². The van der Waals surface area contributed by atoms with Crippen LogP contribution in [0.2, 0.25) is 0 Å². The zero-order valence-corrected chi connectivity index (χ0v) is 11.5. The minimum Gasteiger partial charge on any atom is -0.504 e. The van der Waals surface area contributed by atoms with Crippen LogP contribution in [0.4, 0.5) is 0 Å². The molecule has 94 valence electrons. The summed E-state index contributed by atoms with van der Waals surface area (Å²) in [6, 6.07) is 5.21. The zero-order valence-electron chi connectivity index (χ0n) is 9.87. The van der Waals surface area contributed by atoms with E-state index in [0.717, 1.165) is 5.56 Å². The average Bonchev–Trinajstić information content (AvgIpc) is 2.29. The third kappa shape index (κ3) is 4.26. The van der Waals surface area contributed by atoms with Gasteiger partial charge in [0, 0.05) is 6.54 Å². The van der Waals surface area contributed by atoms with Crippen LogP contribution < -0.4 is 10.1 Å². The molecule has 0 aliphatic rings. The van der Waals surface area contributed by atoms with Crippen molar-refractivity contribution in [2.75, 3.05) is 13.7 Å². The van der Waals surface area contributed by atoms with Gasteiger partial charge in [-0.1, -0.05) is 22.0 Å². The Morgan fingerprint density at radius 1 is 1.59 bits per heavy atom. The number of amides is 1. The van der Waals surface area contributed by atoms with Crippen LogP contribution >= 0.6 is 15.9 Å². The molecule has 1 atom stereocenters. The lowest BCUT2D eigenvalue weighted by atomic mass is 10.1. The van der Waals surface area contributed by atoms with Gasteiger partial charge in [0.1, 0.15) is 0 Å². The highest BCUT2D eigenvalue weighted by atomic mass is 79.9. The number of halogens is 1. The van der Waals surface area contributed by atoms with Gasteiger partial charge in [-0.2, -0.15) is 0 Å². The molecule has 0 aliphatic carbocycles. The van der Waals surface area contributed by atoms with Crippen LogP contribution in [0.3, 0.4) is 0 Å². The van der Waals surface area contributed by atoms with E-state index in [0.29, 0.717) is 18.7 Å². The highest BCUT2D eigenvalue weighted by Gasteiger charge is 2.07. The van der Waals surface area contributed by atoms with Gasteiger partial charge in [0.15, 0.2) is 11.5 Å². The summed E-state index contributed by atoms with van der Waals surface area (Å²) >= 11 is 3.19. The lowest BCUT2D eigenvalue weighted by molar-refractivity contribution is -0.120. The number of aromatic hydroxyl groups is 1. The molecule has 2 N–H and O–H groups in total. The minimum absolute atomic E-state index is 0.0391. The Hall–Kier alpha value is -1.23. The van der Waals surface area contributed by atoms with Gasteiger partial charge in [-0.3, -0.25) is 4.79 Å². The molecule has 5 heteroatoms. The first-order valence-corrected chi connectivity index (χ1v) is 6.24. The zero-order chi connectivity index (χ0) is 12.8. The fraction of sp³-hybridized carbons (Fsp3) is 0.417. The molecule has 1 amide bonds. The second kappa shape index (κ2) is 6.49. The van der Waals surface area contributed by atoms with E-state index < -0.39 is 0 Å². The Kier molecular flexibility index (Phi) is 5.28. The van der Waals surface area contributed by atoms with Gasteiger partial charge in [0.2, 0.25) is 5.91 Å². The molecule has 0 heterocycles. The third-order valence-electron chi connectivity index (χ3n) is 2.32. The van der Waals surface area contributed by atoms with Crippen molar-refractivity contribution < 1.29 is 14.6 Å². The number of phenolic OH excluding ortho intramolecular Hbond substituents is 1. The number of alkyl halides is 1. The smallest absolute Gasteiger partial charge is 0.233 e. The first kappa shape index (κ1) is 13.8. The van der Waals surface area contributed by atoms with Crippen LogP contribution in [0.15, 0.2) is 18.2 Å². The topological polar surface area (TPSA) is 58.6 Å². The second-order valence-corrected chi connectivity index (χ2v) is 5.04. The number of carbonyl (C=O) groups excluding carboxylic acids is 1. The lowest BCUT2D eigenvalue weighted by Crippen LogP contribution is -2.30. The number of carbonyl (C=O) groups is 1. The van der Waals surface area contributed by atoms with Gasteiger partial charge in [0.05, 0.1) is 11.9 Å². The van der Waals surface area contributed by atoms with Crippen LogP contribution in [0.5, 0.6) is 11.5 Å². The van der Waals surface area contributed by atoms with Crippen LogP contribution in [0.1, 0.15) is 12.5 Å². The van der Waals surface area contributed by atoms with Gasteiger partial charge >= 0.3 is 0 Å². The van der Waals surface area contributed by atoms with Crippen LogP contribution in [0.25, 0.3) is 0 Å². The van der Waals surface area contributed by atoms with E-state index in [1.165, 1.54) is 7.11 Å². The average molecular weight is 302 g/mol. The van der Waals surface area contributed by atoms with Gasteiger partial charge in [0.25, 0.3) is 0 Å². The predicted molar refractivity (Wildman–Crippen MR) is 69.8 cm³/mol.